The second kappa shape index (κ2) is 6.67. The normalized spacial score (nSPS) is 12.5. The number of amides is 1. The van der Waals surface area contributed by atoms with Gasteiger partial charge in [-0.15, -0.1) is 0 Å². The molecule has 5 heteroatoms. The third-order valence-electron chi connectivity index (χ3n) is 2.61. The summed E-state index contributed by atoms with van der Waals surface area (Å²) in [5.74, 6) is -0.189. The summed E-state index contributed by atoms with van der Waals surface area (Å²) in [6, 6.07) is 1.45. The summed E-state index contributed by atoms with van der Waals surface area (Å²) in [5, 5.41) is 12.4. The molecular formula is C12H19ClN2O2. The van der Waals surface area contributed by atoms with Crippen molar-refractivity contribution in [3.63, 3.8) is 0 Å². The zero-order chi connectivity index (χ0) is 12.8. The number of carbonyl (C=O) groups is 1. The summed E-state index contributed by atoms with van der Waals surface area (Å²) in [5.41, 5.74) is 0.545. The molecule has 0 aliphatic carbocycles. The van der Waals surface area contributed by atoms with Crippen LogP contribution in [-0.4, -0.2) is 28.2 Å². The van der Waals surface area contributed by atoms with Gasteiger partial charge in [0.2, 0.25) is 0 Å². The molecule has 0 spiro atoms. The Hall–Kier alpha value is -1.00. The Morgan fingerprint density at radius 3 is 2.82 bits per heavy atom. The fourth-order valence-electron chi connectivity index (χ4n) is 1.63. The summed E-state index contributed by atoms with van der Waals surface area (Å²) in [6.45, 7) is 4.66. The van der Waals surface area contributed by atoms with Gasteiger partial charge in [-0.3, -0.25) is 4.79 Å². The van der Waals surface area contributed by atoms with Crippen LogP contribution in [0.25, 0.3) is 0 Å². The zero-order valence-electron chi connectivity index (χ0n) is 10.2. The van der Waals surface area contributed by atoms with E-state index in [4.69, 9.17) is 16.7 Å². The lowest BCUT2D eigenvalue weighted by atomic mass is 10.2. The van der Waals surface area contributed by atoms with Crippen LogP contribution in [0.4, 0.5) is 0 Å². The van der Waals surface area contributed by atoms with Crippen molar-refractivity contribution in [2.24, 2.45) is 0 Å². The Bertz CT molecular complexity index is 373. The maximum absolute atomic E-state index is 12.0. The van der Waals surface area contributed by atoms with Gasteiger partial charge in [-0.2, -0.15) is 0 Å². The lowest BCUT2D eigenvalue weighted by Crippen LogP contribution is -2.37. The predicted octanol–water partition coefficient (Wildman–Crippen LogP) is 2.05. The first-order valence-corrected chi connectivity index (χ1v) is 6.27. The van der Waals surface area contributed by atoms with Crippen molar-refractivity contribution < 1.29 is 9.90 Å². The number of aromatic nitrogens is 1. The monoisotopic (exact) mass is 258 g/mol. The molecule has 1 heterocycles. The van der Waals surface area contributed by atoms with Crippen molar-refractivity contribution in [2.45, 2.75) is 39.3 Å². The van der Waals surface area contributed by atoms with Crippen molar-refractivity contribution in [1.82, 2.24) is 9.88 Å². The average Bonchev–Trinajstić information content (AvgIpc) is 2.67. The Balaban J connectivity index is 2.80. The molecule has 1 aromatic rings. The van der Waals surface area contributed by atoms with Crippen LogP contribution in [-0.2, 0) is 6.54 Å². The van der Waals surface area contributed by atoms with Gasteiger partial charge in [0.1, 0.15) is 5.69 Å². The van der Waals surface area contributed by atoms with Crippen LogP contribution in [0.1, 0.15) is 37.2 Å². The molecule has 96 valence electrons. The number of aliphatic hydroxyl groups is 1. The zero-order valence-corrected chi connectivity index (χ0v) is 11.0. The van der Waals surface area contributed by atoms with E-state index in [0.29, 0.717) is 17.1 Å². The van der Waals surface area contributed by atoms with E-state index < -0.39 is 0 Å². The second-order valence-corrected chi connectivity index (χ2v) is 4.43. The minimum atomic E-state index is -0.203. The van der Waals surface area contributed by atoms with E-state index in [1.165, 1.54) is 0 Å². The first-order valence-electron chi connectivity index (χ1n) is 5.89. The summed E-state index contributed by atoms with van der Waals surface area (Å²) in [4.78, 5) is 12.0. The third kappa shape index (κ3) is 3.75. The molecule has 0 fully saturated rings. The summed E-state index contributed by atoms with van der Waals surface area (Å²) in [7, 11) is 0. The Kier molecular flexibility index (Phi) is 5.51. The molecule has 1 rings (SSSR count). The number of hydrogen-bond donors (Lipinski definition) is 2. The largest absolute Gasteiger partial charge is 0.394 e. The molecule has 1 atom stereocenters. The molecule has 0 aromatic carbocycles. The molecule has 1 aromatic heterocycles. The van der Waals surface area contributed by atoms with Gasteiger partial charge in [0.25, 0.3) is 5.91 Å². The van der Waals surface area contributed by atoms with Gasteiger partial charge in [-0.05, 0) is 18.9 Å². The van der Waals surface area contributed by atoms with Gasteiger partial charge in [0.15, 0.2) is 0 Å². The van der Waals surface area contributed by atoms with Crippen molar-refractivity contribution in [3.05, 3.63) is 23.0 Å². The van der Waals surface area contributed by atoms with Crippen LogP contribution in [0.15, 0.2) is 12.3 Å². The third-order valence-corrected chi connectivity index (χ3v) is 2.82. The highest BCUT2D eigenvalue weighted by Crippen LogP contribution is 2.15. The fourth-order valence-corrected chi connectivity index (χ4v) is 1.85. The number of aryl methyl sites for hydroxylation is 1. The van der Waals surface area contributed by atoms with Gasteiger partial charge in [-0.25, -0.2) is 0 Å². The predicted molar refractivity (Wildman–Crippen MR) is 68.4 cm³/mol. The van der Waals surface area contributed by atoms with Crippen LogP contribution in [0.5, 0.6) is 0 Å². The number of aliphatic hydroxyl groups excluding tert-OH is 1. The quantitative estimate of drug-likeness (QED) is 0.821. The first-order chi connectivity index (χ1) is 8.12. The van der Waals surface area contributed by atoms with Crippen molar-refractivity contribution in [3.8, 4) is 0 Å². The van der Waals surface area contributed by atoms with Crippen LogP contribution < -0.4 is 5.32 Å². The standard InChI is InChI=1S/C12H19ClN2O2/c1-3-5-15-7-9(13)6-11(15)12(17)14-10(4-2)8-16/h6-7,10,16H,3-5,8H2,1-2H3,(H,14,17)/t10-/m1/s1. The Morgan fingerprint density at radius 2 is 2.29 bits per heavy atom. The molecule has 0 unspecified atom stereocenters. The lowest BCUT2D eigenvalue weighted by Gasteiger charge is -2.15. The molecule has 0 saturated carbocycles. The highest BCUT2D eigenvalue weighted by atomic mass is 35.5. The highest BCUT2D eigenvalue weighted by molar-refractivity contribution is 6.31. The average molecular weight is 259 g/mol. The van der Waals surface area contributed by atoms with Gasteiger partial charge in [-0.1, -0.05) is 25.4 Å². The smallest absolute Gasteiger partial charge is 0.268 e. The number of hydrogen-bond acceptors (Lipinski definition) is 2. The summed E-state index contributed by atoms with van der Waals surface area (Å²) < 4.78 is 1.84. The minimum absolute atomic E-state index is 0.0511. The van der Waals surface area contributed by atoms with E-state index in [2.05, 4.69) is 5.32 Å². The lowest BCUT2D eigenvalue weighted by molar-refractivity contribution is 0.0905. The van der Waals surface area contributed by atoms with Gasteiger partial charge in [0, 0.05) is 12.7 Å². The van der Waals surface area contributed by atoms with Gasteiger partial charge >= 0.3 is 0 Å². The van der Waals surface area contributed by atoms with Crippen molar-refractivity contribution in [2.75, 3.05) is 6.61 Å². The molecule has 0 saturated heterocycles. The first kappa shape index (κ1) is 14.1. The number of rotatable bonds is 6. The maximum atomic E-state index is 12.0. The molecule has 1 amide bonds. The van der Waals surface area contributed by atoms with Gasteiger partial charge in [0.05, 0.1) is 17.7 Å². The Morgan fingerprint density at radius 1 is 1.59 bits per heavy atom. The number of nitrogens with one attached hydrogen (secondary N) is 1. The topological polar surface area (TPSA) is 54.3 Å². The van der Waals surface area contributed by atoms with E-state index in [-0.39, 0.29) is 18.6 Å². The maximum Gasteiger partial charge on any atom is 0.268 e. The molecule has 4 nitrogen and oxygen atoms in total. The molecule has 0 aliphatic heterocycles. The molecule has 0 radical (unpaired) electrons. The molecular weight excluding hydrogens is 240 g/mol. The Labute approximate surface area is 107 Å². The van der Waals surface area contributed by atoms with Crippen LogP contribution in [0.3, 0.4) is 0 Å². The van der Waals surface area contributed by atoms with E-state index in [1.807, 2.05) is 18.4 Å². The van der Waals surface area contributed by atoms with E-state index in [1.54, 1.807) is 12.3 Å². The van der Waals surface area contributed by atoms with Crippen molar-refractivity contribution in [1.29, 1.82) is 0 Å². The molecule has 0 bridgehead atoms. The summed E-state index contributed by atoms with van der Waals surface area (Å²) >= 11 is 5.90. The number of nitrogens with zero attached hydrogens (tertiary/aromatic N) is 1. The number of halogens is 1. The second-order valence-electron chi connectivity index (χ2n) is 4.00. The van der Waals surface area contributed by atoms with Gasteiger partial charge < -0.3 is 15.0 Å². The van der Waals surface area contributed by atoms with Crippen LogP contribution >= 0.6 is 11.6 Å². The molecule has 0 aliphatic rings. The van der Waals surface area contributed by atoms with Crippen LogP contribution in [0.2, 0.25) is 5.02 Å². The molecule has 17 heavy (non-hydrogen) atoms. The minimum Gasteiger partial charge on any atom is -0.394 e. The van der Waals surface area contributed by atoms with Crippen molar-refractivity contribution >= 4 is 17.5 Å². The van der Waals surface area contributed by atoms with E-state index >= 15 is 0 Å². The number of carbonyl (C=O) groups excluding carboxylic acids is 1. The molecule has 2 N–H and O–H groups in total. The van der Waals surface area contributed by atoms with E-state index in [9.17, 15) is 4.79 Å². The summed E-state index contributed by atoms with van der Waals surface area (Å²) in [6.07, 6.45) is 3.38. The van der Waals surface area contributed by atoms with Crippen LogP contribution in [0, 0.1) is 0 Å². The highest BCUT2D eigenvalue weighted by Gasteiger charge is 2.15. The van der Waals surface area contributed by atoms with E-state index in [0.717, 1.165) is 13.0 Å². The SMILES string of the molecule is CCCn1cc(Cl)cc1C(=O)N[C@H](CC)CO. The fraction of sp³-hybridized carbons (Fsp3) is 0.583.